The molecule has 21 heavy (non-hydrogen) atoms. The largest absolute Gasteiger partial charge is 0.376 e. The van der Waals surface area contributed by atoms with Gasteiger partial charge in [-0.25, -0.2) is 0 Å². The minimum Gasteiger partial charge on any atom is -0.376 e. The van der Waals surface area contributed by atoms with Gasteiger partial charge in [-0.1, -0.05) is 6.07 Å². The van der Waals surface area contributed by atoms with E-state index in [1.807, 2.05) is 13.1 Å². The number of hydrogen-bond acceptors (Lipinski definition) is 4. The lowest BCUT2D eigenvalue weighted by Crippen LogP contribution is -2.29. The number of nitriles is 1. The second kappa shape index (κ2) is 6.46. The van der Waals surface area contributed by atoms with Gasteiger partial charge in [-0.05, 0) is 43.4 Å². The molecule has 1 aromatic rings. The summed E-state index contributed by atoms with van der Waals surface area (Å²) in [5.41, 5.74) is 2.95. The van der Waals surface area contributed by atoms with Crippen molar-refractivity contribution in [3.63, 3.8) is 0 Å². The second-order valence-corrected chi connectivity index (χ2v) is 6.13. The van der Waals surface area contributed by atoms with Crippen molar-refractivity contribution in [1.82, 2.24) is 5.32 Å². The molecule has 1 aromatic carbocycles. The lowest BCUT2D eigenvalue weighted by molar-refractivity contribution is 0.116. The van der Waals surface area contributed by atoms with Crippen molar-refractivity contribution in [2.24, 2.45) is 0 Å². The number of ether oxygens (including phenoxy) is 1. The van der Waals surface area contributed by atoms with Crippen LogP contribution in [0.15, 0.2) is 18.2 Å². The summed E-state index contributed by atoms with van der Waals surface area (Å²) in [6.45, 7) is 2.58. The van der Waals surface area contributed by atoms with Crippen molar-refractivity contribution < 1.29 is 4.74 Å². The number of rotatable bonds is 6. The van der Waals surface area contributed by atoms with Crippen LogP contribution in [0.25, 0.3) is 0 Å². The molecule has 3 rings (SSSR count). The summed E-state index contributed by atoms with van der Waals surface area (Å²) in [7, 11) is 2.04. The molecule has 0 radical (unpaired) electrons. The fourth-order valence-electron chi connectivity index (χ4n) is 2.86. The van der Waals surface area contributed by atoms with E-state index in [1.54, 1.807) is 0 Å². The van der Waals surface area contributed by atoms with E-state index >= 15 is 0 Å². The van der Waals surface area contributed by atoms with Crippen molar-refractivity contribution >= 4 is 5.69 Å². The zero-order valence-electron chi connectivity index (χ0n) is 12.6. The highest BCUT2D eigenvalue weighted by atomic mass is 16.5. The molecule has 1 aliphatic heterocycles. The molecule has 1 heterocycles. The van der Waals surface area contributed by atoms with Gasteiger partial charge in [0.25, 0.3) is 0 Å². The van der Waals surface area contributed by atoms with E-state index in [0.717, 1.165) is 43.8 Å². The molecule has 1 aliphatic carbocycles. The maximum absolute atomic E-state index is 9.41. The molecule has 2 aliphatic rings. The molecule has 1 unspecified atom stereocenters. The second-order valence-electron chi connectivity index (χ2n) is 6.13. The third-order valence-electron chi connectivity index (χ3n) is 4.27. The number of hydrogen-bond donors (Lipinski definition) is 1. The van der Waals surface area contributed by atoms with Gasteiger partial charge in [0.15, 0.2) is 0 Å². The highest BCUT2D eigenvalue weighted by molar-refractivity contribution is 5.60. The summed E-state index contributed by atoms with van der Waals surface area (Å²) in [5, 5.41) is 12.9. The Kier molecular flexibility index (Phi) is 4.42. The first-order valence-electron chi connectivity index (χ1n) is 7.85. The van der Waals surface area contributed by atoms with Gasteiger partial charge in [0.2, 0.25) is 0 Å². The Labute approximate surface area is 126 Å². The average molecular weight is 285 g/mol. The van der Waals surface area contributed by atoms with Gasteiger partial charge in [-0.2, -0.15) is 5.26 Å². The van der Waals surface area contributed by atoms with Gasteiger partial charge in [-0.15, -0.1) is 0 Å². The van der Waals surface area contributed by atoms with Crippen molar-refractivity contribution in [3.8, 4) is 6.07 Å². The molecule has 0 amide bonds. The smallest absolute Gasteiger partial charge is 0.101 e. The summed E-state index contributed by atoms with van der Waals surface area (Å²) >= 11 is 0. The van der Waals surface area contributed by atoms with Crippen molar-refractivity contribution in [2.45, 2.75) is 44.4 Å². The monoisotopic (exact) mass is 285 g/mol. The van der Waals surface area contributed by atoms with Gasteiger partial charge in [-0.3, -0.25) is 0 Å². The van der Waals surface area contributed by atoms with E-state index < -0.39 is 0 Å². The van der Waals surface area contributed by atoms with E-state index in [4.69, 9.17) is 4.74 Å². The molecule has 1 saturated carbocycles. The highest BCUT2D eigenvalue weighted by Crippen LogP contribution is 2.24. The predicted molar refractivity (Wildman–Crippen MR) is 83.3 cm³/mol. The molecule has 112 valence electrons. The summed E-state index contributed by atoms with van der Waals surface area (Å²) in [5.74, 6) is 0. The number of likely N-dealkylation sites (N-methyl/N-ethyl adjacent to an activating group) is 1. The quantitative estimate of drug-likeness (QED) is 0.872. The van der Waals surface area contributed by atoms with Crippen LogP contribution in [-0.4, -0.2) is 32.3 Å². The Morgan fingerprint density at radius 1 is 1.38 bits per heavy atom. The van der Waals surface area contributed by atoms with Gasteiger partial charge in [0, 0.05) is 32.8 Å². The summed E-state index contributed by atoms with van der Waals surface area (Å²) in [6, 6.07) is 9.23. The van der Waals surface area contributed by atoms with Crippen LogP contribution in [0.4, 0.5) is 5.69 Å². The standard InChI is InChI=1S/C17H23N3O/c1-20(12-16-3-2-8-21-16)17-7-4-13(9-14(17)10-18)11-19-15-5-6-15/h4,7,9,15-16,19H,2-3,5-6,8,11-12H2,1H3. The summed E-state index contributed by atoms with van der Waals surface area (Å²) in [4.78, 5) is 2.15. The maximum Gasteiger partial charge on any atom is 0.101 e. The summed E-state index contributed by atoms with van der Waals surface area (Å²) < 4.78 is 5.68. The van der Waals surface area contributed by atoms with Gasteiger partial charge < -0.3 is 15.0 Å². The third-order valence-corrected chi connectivity index (χ3v) is 4.27. The first-order valence-corrected chi connectivity index (χ1v) is 7.85. The zero-order valence-corrected chi connectivity index (χ0v) is 12.6. The molecular weight excluding hydrogens is 262 g/mol. The van der Waals surface area contributed by atoms with Crippen LogP contribution in [0.5, 0.6) is 0 Å². The van der Waals surface area contributed by atoms with Gasteiger partial charge in [0.1, 0.15) is 6.07 Å². The van der Waals surface area contributed by atoms with Crippen LogP contribution in [0, 0.1) is 11.3 Å². The normalized spacial score (nSPS) is 21.2. The minimum absolute atomic E-state index is 0.303. The highest BCUT2D eigenvalue weighted by Gasteiger charge is 2.21. The van der Waals surface area contributed by atoms with E-state index in [-0.39, 0.29) is 0 Å². The molecular formula is C17H23N3O. The molecule has 2 fully saturated rings. The van der Waals surface area contributed by atoms with Crippen molar-refractivity contribution in [3.05, 3.63) is 29.3 Å². The first-order chi connectivity index (χ1) is 10.3. The Morgan fingerprint density at radius 2 is 2.24 bits per heavy atom. The molecule has 0 aromatic heterocycles. The van der Waals surface area contributed by atoms with E-state index in [2.05, 4.69) is 28.4 Å². The number of nitrogens with one attached hydrogen (secondary N) is 1. The van der Waals surface area contributed by atoms with E-state index in [9.17, 15) is 5.26 Å². The van der Waals surface area contributed by atoms with Gasteiger partial charge >= 0.3 is 0 Å². The lowest BCUT2D eigenvalue weighted by Gasteiger charge is -2.24. The zero-order chi connectivity index (χ0) is 14.7. The molecule has 1 N–H and O–H groups in total. The lowest BCUT2D eigenvalue weighted by atomic mass is 10.1. The van der Waals surface area contributed by atoms with Crippen LogP contribution >= 0.6 is 0 Å². The fourth-order valence-corrected chi connectivity index (χ4v) is 2.86. The third kappa shape index (κ3) is 3.75. The Bertz CT molecular complexity index is 527. The number of benzene rings is 1. The van der Waals surface area contributed by atoms with E-state index in [1.165, 1.54) is 18.4 Å². The SMILES string of the molecule is CN(CC1CCCO1)c1ccc(CNC2CC2)cc1C#N. The van der Waals surface area contributed by atoms with E-state index in [0.29, 0.717) is 12.1 Å². The Balaban J connectivity index is 1.66. The minimum atomic E-state index is 0.303. The molecule has 4 nitrogen and oxygen atoms in total. The van der Waals surface area contributed by atoms with Crippen LogP contribution in [0.3, 0.4) is 0 Å². The molecule has 0 bridgehead atoms. The summed E-state index contributed by atoms with van der Waals surface area (Å²) in [6.07, 6.45) is 5.14. The Hall–Kier alpha value is -1.57. The molecule has 0 spiro atoms. The topological polar surface area (TPSA) is 48.3 Å². The fraction of sp³-hybridized carbons (Fsp3) is 0.588. The van der Waals surface area contributed by atoms with Crippen molar-refractivity contribution in [1.29, 1.82) is 5.26 Å². The van der Waals surface area contributed by atoms with Crippen LogP contribution < -0.4 is 10.2 Å². The van der Waals surface area contributed by atoms with Crippen molar-refractivity contribution in [2.75, 3.05) is 25.1 Å². The average Bonchev–Trinajstić information content (AvgIpc) is 3.20. The first kappa shape index (κ1) is 14.4. The molecule has 1 saturated heterocycles. The molecule has 4 heteroatoms. The Morgan fingerprint density at radius 3 is 2.90 bits per heavy atom. The van der Waals surface area contributed by atoms with Crippen LogP contribution in [0.2, 0.25) is 0 Å². The van der Waals surface area contributed by atoms with Crippen LogP contribution in [0.1, 0.15) is 36.8 Å². The van der Waals surface area contributed by atoms with Crippen LogP contribution in [-0.2, 0) is 11.3 Å². The maximum atomic E-state index is 9.41. The number of anilines is 1. The number of nitrogens with zero attached hydrogens (tertiary/aromatic N) is 2. The molecule has 1 atom stereocenters. The van der Waals surface area contributed by atoms with Gasteiger partial charge in [0.05, 0.1) is 17.4 Å². The predicted octanol–water partition coefficient (Wildman–Crippen LogP) is 2.43.